The van der Waals surface area contributed by atoms with E-state index in [-0.39, 0.29) is 19.7 Å². The Labute approximate surface area is 121 Å². The molecule has 3 amide bonds. The van der Waals surface area contributed by atoms with Gasteiger partial charge in [0.05, 0.1) is 5.56 Å². The topological polar surface area (TPSA) is 86.7 Å². The van der Waals surface area contributed by atoms with Gasteiger partial charge in [-0.05, 0) is 24.6 Å². The summed E-state index contributed by atoms with van der Waals surface area (Å²) < 4.78 is 0. The molecule has 0 unspecified atom stereocenters. The minimum absolute atomic E-state index is 0.161. The monoisotopic (exact) mass is 286 g/mol. The predicted octanol–water partition coefficient (Wildman–Crippen LogP) is -0.563. The van der Waals surface area contributed by atoms with E-state index in [1.807, 2.05) is 6.92 Å². The van der Waals surface area contributed by atoms with Gasteiger partial charge < -0.3 is 10.0 Å². The van der Waals surface area contributed by atoms with Crippen LogP contribution in [0.2, 0.25) is 0 Å². The number of imide groups is 1. The van der Waals surface area contributed by atoms with Gasteiger partial charge in [-0.2, -0.15) is 0 Å². The number of benzene rings is 1. The molecule has 21 heavy (non-hydrogen) atoms. The van der Waals surface area contributed by atoms with Crippen molar-refractivity contribution >= 4 is 17.7 Å². The fraction of sp³-hybridized carbons (Fsp3) is 0.267. The average Bonchev–Trinajstić information content (AvgIpc) is 2.43. The summed E-state index contributed by atoms with van der Waals surface area (Å²) in [5.74, 6) is 3.77. The number of carbonyl (C=O) groups is 3. The molecule has 0 atom stereocenters. The molecule has 2 N–H and O–H groups in total. The van der Waals surface area contributed by atoms with Crippen molar-refractivity contribution in [3.05, 3.63) is 34.9 Å². The Balaban J connectivity index is 2.34. The summed E-state index contributed by atoms with van der Waals surface area (Å²) in [7, 11) is 0. The van der Waals surface area contributed by atoms with Gasteiger partial charge in [-0.1, -0.05) is 17.9 Å². The van der Waals surface area contributed by atoms with Crippen LogP contribution in [-0.2, 0) is 9.59 Å². The van der Waals surface area contributed by atoms with Crippen molar-refractivity contribution in [3.8, 4) is 11.8 Å². The maximum atomic E-state index is 12.4. The summed E-state index contributed by atoms with van der Waals surface area (Å²) in [6.45, 7) is 1.22. The Kier molecular flexibility index (Phi) is 4.36. The first-order chi connectivity index (χ1) is 10.0. The molecule has 6 heteroatoms. The van der Waals surface area contributed by atoms with Crippen molar-refractivity contribution in [1.82, 2.24) is 10.2 Å². The van der Waals surface area contributed by atoms with E-state index in [0.29, 0.717) is 11.1 Å². The molecule has 0 spiro atoms. The van der Waals surface area contributed by atoms with Crippen LogP contribution in [-0.4, -0.2) is 47.4 Å². The highest BCUT2D eigenvalue weighted by Gasteiger charge is 2.28. The molecule has 108 valence electrons. The number of aliphatic hydroxyl groups is 1. The Bertz CT molecular complexity index is 654. The zero-order valence-corrected chi connectivity index (χ0v) is 11.5. The molecule has 0 aliphatic carbocycles. The van der Waals surface area contributed by atoms with Crippen LogP contribution in [0.5, 0.6) is 0 Å². The number of piperazine rings is 1. The van der Waals surface area contributed by atoms with Gasteiger partial charge in [0, 0.05) is 5.56 Å². The van der Waals surface area contributed by atoms with Crippen LogP contribution >= 0.6 is 0 Å². The van der Waals surface area contributed by atoms with E-state index in [1.54, 1.807) is 18.2 Å². The summed E-state index contributed by atoms with van der Waals surface area (Å²) in [6.07, 6.45) is 0. The Morgan fingerprint density at radius 3 is 2.62 bits per heavy atom. The Morgan fingerprint density at radius 1 is 1.33 bits per heavy atom. The molecule has 1 aliphatic rings. The van der Waals surface area contributed by atoms with Crippen LogP contribution in [0, 0.1) is 18.8 Å². The summed E-state index contributed by atoms with van der Waals surface area (Å²) in [5, 5.41) is 10.9. The number of carbonyl (C=O) groups excluding carboxylic acids is 3. The van der Waals surface area contributed by atoms with E-state index >= 15 is 0 Å². The van der Waals surface area contributed by atoms with Crippen molar-refractivity contribution in [2.45, 2.75) is 6.92 Å². The lowest BCUT2D eigenvalue weighted by molar-refractivity contribution is -0.135. The minimum atomic E-state index is -0.505. The minimum Gasteiger partial charge on any atom is -0.384 e. The average molecular weight is 286 g/mol. The van der Waals surface area contributed by atoms with E-state index in [4.69, 9.17) is 5.11 Å². The normalized spacial score (nSPS) is 14.3. The molecule has 1 aromatic carbocycles. The predicted molar refractivity (Wildman–Crippen MR) is 74.2 cm³/mol. The van der Waals surface area contributed by atoms with E-state index in [2.05, 4.69) is 17.2 Å². The van der Waals surface area contributed by atoms with Gasteiger partial charge in [0.2, 0.25) is 11.8 Å². The molecule has 0 radical (unpaired) electrons. The highest BCUT2D eigenvalue weighted by molar-refractivity contribution is 6.06. The van der Waals surface area contributed by atoms with E-state index < -0.39 is 17.7 Å². The fourth-order valence-electron chi connectivity index (χ4n) is 2.03. The number of rotatable bonds is 1. The second-order valence-corrected chi connectivity index (χ2v) is 4.64. The first-order valence-corrected chi connectivity index (χ1v) is 6.33. The van der Waals surface area contributed by atoms with Gasteiger partial charge in [0.1, 0.15) is 19.7 Å². The molecule has 1 heterocycles. The van der Waals surface area contributed by atoms with E-state index in [1.165, 1.54) is 4.90 Å². The van der Waals surface area contributed by atoms with Crippen molar-refractivity contribution < 1.29 is 19.5 Å². The number of nitrogens with zero attached hydrogens (tertiary/aromatic N) is 1. The Hall–Kier alpha value is -2.65. The van der Waals surface area contributed by atoms with Crippen LogP contribution in [0.25, 0.3) is 0 Å². The second kappa shape index (κ2) is 6.20. The number of aliphatic hydroxyl groups excluding tert-OH is 1. The fourth-order valence-corrected chi connectivity index (χ4v) is 2.03. The van der Waals surface area contributed by atoms with Crippen LogP contribution in [0.15, 0.2) is 18.2 Å². The first-order valence-electron chi connectivity index (χ1n) is 6.33. The number of nitrogens with one attached hydrogen (secondary N) is 1. The molecular weight excluding hydrogens is 272 g/mol. The van der Waals surface area contributed by atoms with E-state index in [9.17, 15) is 14.4 Å². The quantitative estimate of drug-likeness (QED) is 0.535. The van der Waals surface area contributed by atoms with Crippen molar-refractivity contribution in [1.29, 1.82) is 0 Å². The molecule has 0 saturated carbocycles. The first kappa shape index (κ1) is 14.8. The van der Waals surface area contributed by atoms with Gasteiger partial charge in [-0.15, -0.1) is 0 Å². The largest absolute Gasteiger partial charge is 0.384 e. The number of aryl methyl sites for hydroxylation is 1. The molecule has 0 bridgehead atoms. The van der Waals surface area contributed by atoms with Crippen LogP contribution in [0.4, 0.5) is 0 Å². The Morgan fingerprint density at radius 2 is 2.00 bits per heavy atom. The molecule has 0 aromatic heterocycles. The number of hydrogen-bond donors (Lipinski definition) is 2. The number of amides is 3. The summed E-state index contributed by atoms with van der Waals surface area (Å²) in [5.41, 5.74) is 1.69. The lowest BCUT2D eigenvalue weighted by atomic mass is 10.0. The number of hydrogen-bond acceptors (Lipinski definition) is 4. The van der Waals surface area contributed by atoms with Gasteiger partial charge in [0.15, 0.2) is 0 Å². The van der Waals surface area contributed by atoms with Gasteiger partial charge in [-0.3, -0.25) is 19.7 Å². The smallest absolute Gasteiger partial charge is 0.256 e. The summed E-state index contributed by atoms with van der Waals surface area (Å²) in [4.78, 5) is 36.3. The highest BCUT2D eigenvalue weighted by atomic mass is 16.2. The van der Waals surface area contributed by atoms with Crippen molar-refractivity contribution in [2.24, 2.45) is 0 Å². The highest BCUT2D eigenvalue weighted by Crippen LogP contribution is 2.14. The SMILES string of the molecule is Cc1ccc(C(=O)N2CC(=O)NC(=O)C2)c(C#CCO)c1. The molecule has 1 saturated heterocycles. The second-order valence-electron chi connectivity index (χ2n) is 4.64. The van der Waals surface area contributed by atoms with Crippen LogP contribution in [0.3, 0.4) is 0 Å². The molecule has 1 aliphatic heterocycles. The maximum absolute atomic E-state index is 12.4. The van der Waals surface area contributed by atoms with Gasteiger partial charge >= 0.3 is 0 Å². The van der Waals surface area contributed by atoms with Crippen molar-refractivity contribution in [2.75, 3.05) is 19.7 Å². The third-order valence-corrected chi connectivity index (χ3v) is 2.94. The molecule has 1 aromatic rings. The zero-order valence-electron chi connectivity index (χ0n) is 11.5. The maximum Gasteiger partial charge on any atom is 0.256 e. The molecular formula is C15H14N2O4. The molecule has 1 fully saturated rings. The summed E-state index contributed by atoms with van der Waals surface area (Å²) in [6, 6.07) is 5.08. The third-order valence-electron chi connectivity index (χ3n) is 2.94. The summed E-state index contributed by atoms with van der Waals surface area (Å²) >= 11 is 0. The van der Waals surface area contributed by atoms with Gasteiger partial charge in [0.25, 0.3) is 5.91 Å². The van der Waals surface area contributed by atoms with Crippen LogP contribution in [0.1, 0.15) is 21.5 Å². The lowest BCUT2D eigenvalue weighted by Gasteiger charge is -2.25. The lowest BCUT2D eigenvalue weighted by Crippen LogP contribution is -2.53. The van der Waals surface area contributed by atoms with Crippen molar-refractivity contribution in [3.63, 3.8) is 0 Å². The van der Waals surface area contributed by atoms with Crippen LogP contribution < -0.4 is 5.32 Å². The standard InChI is InChI=1S/C15H14N2O4/c1-10-4-5-12(11(7-10)3-2-6-18)15(21)17-8-13(19)16-14(20)9-17/h4-5,7,18H,6,8-9H2,1H3,(H,16,19,20). The molecule has 6 nitrogen and oxygen atoms in total. The third kappa shape index (κ3) is 3.46. The van der Waals surface area contributed by atoms with Gasteiger partial charge in [-0.25, -0.2) is 0 Å². The van der Waals surface area contributed by atoms with E-state index in [0.717, 1.165) is 5.56 Å². The zero-order chi connectivity index (χ0) is 15.4. The molecule has 2 rings (SSSR count).